The molecule has 0 spiro atoms. The third-order valence-electron chi connectivity index (χ3n) is 3.75. The number of rotatable bonds is 2. The van der Waals surface area contributed by atoms with Crippen LogP contribution in [0.5, 0.6) is 0 Å². The number of nitrogens with two attached hydrogens (primary N) is 2. The number of hydrogen-bond donors (Lipinski definition) is 2. The van der Waals surface area contributed by atoms with E-state index in [2.05, 4.69) is 15.0 Å². The van der Waals surface area contributed by atoms with Crippen molar-refractivity contribution in [3.8, 4) is 0 Å². The summed E-state index contributed by atoms with van der Waals surface area (Å²) in [5, 5.41) is 0. The van der Waals surface area contributed by atoms with Gasteiger partial charge in [0.05, 0.1) is 12.6 Å². The van der Waals surface area contributed by atoms with Gasteiger partial charge < -0.3 is 16.0 Å². The maximum atomic E-state index is 11.5. The molecule has 1 saturated heterocycles. The Kier molecular flexibility index (Phi) is 3.21. The Labute approximate surface area is 122 Å². The smallest absolute Gasteiger partial charge is 0.224 e. The van der Waals surface area contributed by atoms with Crippen molar-refractivity contribution in [2.45, 2.75) is 18.9 Å². The van der Waals surface area contributed by atoms with Gasteiger partial charge in [0.25, 0.3) is 0 Å². The molecule has 1 fully saturated rings. The Balaban J connectivity index is 1.89. The van der Waals surface area contributed by atoms with Crippen molar-refractivity contribution in [1.29, 1.82) is 0 Å². The van der Waals surface area contributed by atoms with Crippen LogP contribution in [-0.2, 0) is 10.0 Å². The molecule has 3 rings (SSSR count). The van der Waals surface area contributed by atoms with E-state index in [4.69, 9.17) is 11.5 Å². The van der Waals surface area contributed by atoms with Crippen LogP contribution in [0.3, 0.4) is 0 Å². The quantitative estimate of drug-likeness (QED) is 0.770. The van der Waals surface area contributed by atoms with Crippen LogP contribution in [0.2, 0.25) is 0 Å². The second kappa shape index (κ2) is 4.81. The number of anilines is 2. The van der Waals surface area contributed by atoms with Crippen LogP contribution in [0, 0.1) is 0 Å². The fourth-order valence-corrected chi connectivity index (χ4v) is 3.55. The van der Waals surface area contributed by atoms with Crippen molar-refractivity contribution in [1.82, 2.24) is 23.8 Å². The van der Waals surface area contributed by atoms with Crippen LogP contribution >= 0.6 is 0 Å². The number of hydrogen-bond acceptors (Lipinski definition) is 7. The molecule has 0 aromatic carbocycles. The molecule has 0 atom stereocenters. The Morgan fingerprint density at radius 2 is 1.90 bits per heavy atom. The lowest BCUT2D eigenvalue weighted by Gasteiger charge is -2.30. The Bertz CT molecular complexity index is 777. The molecule has 0 bridgehead atoms. The highest BCUT2D eigenvalue weighted by atomic mass is 32.2. The maximum Gasteiger partial charge on any atom is 0.224 e. The monoisotopic (exact) mass is 311 g/mol. The minimum atomic E-state index is -3.13. The second-order valence-corrected chi connectivity index (χ2v) is 7.17. The molecule has 114 valence electrons. The lowest BCUT2D eigenvalue weighted by Crippen LogP contribution is -2.38. The highest BCUT2D eigenvalue weighted by Gasteiger charge is 2.27. The minimum absolute atomic E-state index is 0.107. The van der Waals surface area contributed by atoms with Crippen molar-refractivity contribution in [2.24, 2.45) is 0 Å². The summed E-state index contributed by atoms with van der Waals surface area (Å²) in [4.78, 5) is 12.3. The summed E-state index contributed by atoms with van der Waals surface area (Å²) in [5.74, 6) is 0.361. The summed E-state index contributed by atoms with van der Waals surface area (Å²) in [6, 6.07) is 0.127. The highest BCUT2D eigenvalue weighted by molar-refractivity contribution is 7.88. The molecule has 3 heterocycles. The molecule has 0 amide bonds. The summed E-state index contributed by atoms with van der Waals surface area (Å²) < 4.78 is 26.5. The molecule has 1 aliphatic rings. The normalized spacial score (nSPS) is 18.3. The lowest BCUT2D eigenvalue weighted by atomic mass is 10.1. The first-order chi connectivity index (χ1) is 9.86. The molecule has 0 aliphatic carbocycles. The number of nitrogens with zero attached hydrogens (tertiary/aromatic N) is 5. The predicted octanol–water partition coefficient (Wildman–Crippen LogP) is -0.413. The minimum Gasteiger partial charge on any atom is -0.382 e. The average Bonchev–Trinajstić information content (AvgIpc) is 2.82. The van der Waals surface area contributed by atoms with Gasteiger partial charge in [-0.1, -0.05) is 0 Å². The summed E-state index contributed by atoms with van der Waals surface area (Å²) in [6.07, 6.45) is 4.29. The largest absolute Gasteiger partial charge is 0.382 e. The van der Waals surface area contributed by atoms with E-state index >= 15 is 0 Å². The van der Waals surface area contributed by atoms with Gasteiger partial charge >= 0.3 is 0 Å². The third kappa shape index (κ3) is 2.51. The first-order valence-corrected chi connectivity index (χ1v) is 8.42. The maximum absolute atomic E-state index is 11.5. The highest BCUT2D eigenvalue weighted by Crippen LogP contribution is 2.28. The van der Waals surface area contributed by atoms with Crippen molar-refractivity contribution in [3.05, 3.63) is 6.33 Å². The summed E-state index contributed by atoms with van der Waals surface area (Å²) in [6.45, 7) is 0.971. The van der Waals surface area contributed by atoms with Crippen molar-refractivity contribution < 1.29 is 8.42 Å². The number of sulfonamides is 1. The van der Waals surface area contributed by atoms with Gasteiger partial charge in [0.2, 0.25) is 16.0 Å². The Hall–Kier alpha value is -1.94. The zero-order chi connectivity index (χ0) is 15.2. The predicted molar refractivity (Wildman–Crippen MR) is 78.8 cm³/mol. The lowest BCUT2D eigenvalue weighted by molar-refractivity contribution is 0.278. The fraction of sp³-hybridized carbons (Fsp3) is 0.545. The molecular weight excluding hydrogens is 294 g/mol. The molecule has 0 radical (unpaired) electrons. The number of nitrogen functional groups attached to an aromatic ring is 2. The van der Waals surface area contributed by atoms with Crippen molar-refractivity contribution >= 4 is 33.0 Å². The van der Waals surface area contributed by atoms with Crippen LogP contribution in [0.4, 0.5) is 11.8 Å². The van der Waals surface area contributed by atoms with Gasteiger partial charge in [0.1, 0.15) is 5.52 Å². The van der Waals surface area contributed by atoms with Crippen LogP contribution < -0.4 is 11.5 Å². The number of piperidine rings is 1. The SMILES string of the molecule is CS(=O)(=O)N1CCC(n2cnc3c(N)nc(N)nc32)CC1. The van der Waals surface area contributed by atoms with Crippen molar-refractivity contribution in [3.63, 3.8) is 0 Å². The molecule has 10 heteroatoms. The number of fused-ring (bicyclic) bond motifs is 1. The van der Waals surface area contributed by atoms with Crippen molar-refractivity contribution in [2.75, 3.05) is 30.8 Å². The van der Waals surface area contributed by atoms with E-state index in [1.807, 2.05) is 4.57 Å². The molecule has 2 aromatic rings. The summed E-state index contributed by atoms with van der Waals surface area (Å²) >= 11 is 0. The van der Waals surface area contributed by atoms with Gasteiger partial charge in [-0.15, -0.1) is 0 Å². The van der Waals surface area contributed by atoms with E-state index < -0.39 is 10.0 Å². The molecule has 1 aliphatic heterocycles. The van der Waals surface area contributed by atoms with Crippen LogP contribution in [0.15, 0.2) is 6.33 Å². The van der Waals surface area contributed by atoms with E-state index in [1.54, 1.807) is 6.33 Å². The topological polar surface area (TPSA) is 133 Å². The molecular formula is C11H17N7O2S. The van der Waals surface area contributed by atoms with E-state index in [0.29, 0.717) is 37.1 Å². The third-order valence-corrected chi connectivity index (χ3v) is 5.05. The van der Waals surface area contributed by atoms with Gasteiger partial charge in [-0.25, -0.2) is 17.7 Å². The van der Waals surface area contributed by atoms with Gasteiger partial charge in [0, 0.05) is 19.1 Å². The second-order valence-electron chi connectivity index (χ2n) is 5.18. The van der Waals surface area contributed by atoms with Gasteiger partial charge in [0.15, 0.2) is 11.5 Å². The molecule has 4 N–H and O–H groups in total. The standard InChI is InChI=1S/C11H17N7O2S/c1-21(19,20)17-4-2-7(3-5-17)18-6-14-8-9(12)15-11(13)16-10(8)18/h6-7H,2-5H2,1H3,(H4,12,13,15,16). The fourth-order valence-electron chi connectivity index (χ4n) is 2.68. The Morgan fingerprint density at radius 3 is 2.52 bits per heavy atom. The molecule has 0 unspecified atom stereocenters. The van der Waals surface area contributed by atoms with Crippen LogP contribution in [0.25, 0.3) is 11.2 Å². The zero-order valence-electron chi connectivity index (χ0n) is 11.6. The molecule has 0 saturated carbocycles. The van der Waals surface area contributed by atoms with E-state index in [-0.39, 0.29) is 17.8 Å². The average molecular weight is 311 g/mol. The number of aromatic nitrogens is 4. The molecule has 2 aromatic heterocycles. The van der Waals surface area contributed by atoms with Crippen LogP contribution in [-0.4, -0.2) is 51.6 Å². The zero-order valence-corrected chi connectivity index (χ0v) is 12.4. The first kappa shape index (κ1) is 14.0. The van der Waals surface area contributed by atoms with E-state index in [9.17, 15) is 8.42 Å². The molecule has 9 nitrogen and oxygen atoms in total. The summed E-state index contributed by atoms with van der Waals surface area (Å²) in [5.41, 5.74) is 12.5. The molecule has 21 heavy (non-hydrogen) atoms. The number of imidazole rings is 1. The first-order valence-electron chi connectivity index (χ1n) is 6.57. The van der Waals surface area contributed by atoms with Gasteiger partial charge in [-0.2, -0.15) is 9.97 Å². The van der Waals surface area contributed by atoms with Gasteiger partial charge in [-0.3, -0.25) is 0 Å². The summed E-state index contributed by atoms with van der Waals surface area (Å²) in [7, 11) is -3.13. The Morgan fingerprint density at radius 1 is 1.24 bits per heavy atom. The van der Waals surface area contributed by atoms with E-state index in [1.165, 1.54) is 10.6 Å². The van der Waals surface area contributed by atoms with Crippen LogP contribution in [0.1, 0.15) is 18.9 Å². The van der Waals surface area contributed by atoms with Gasteiger partial charge in [-0.05, 0) is 12.8 Å². The van der Waals surface area contributed by atoms with E-state index in [0.717, 1.165) is 0 Å².